The number of hydrogen-bond donors (Lipinski definition) is 0. The third kappa shape index (κ3) is 4.08. The number of aromatic nitrogens is 5. The lowest BCUT2D eigenvalue weighted by Crippen LogP contribution is -2.44. The summed E-state index contributed by atoms with van der Waals surface area (Å²) in [5.74, 6) is 0. The van der Waals surface area contributed by atoms with E-state index in [9.17, 15) is 0 Å². The third-order valence-electron chi connectivity index (χ3n) is 5.78. The third-order valence-corrected chi connectivity index (χ3v) is 7.05. The zero-order chi connectivity index (χ0) is 20.5. The van der Waals surface area contributed by atoms with Gasteiger partial charge in [0.2, 0.25) is 10.1 Å². The Balaban J connectivity index is 1.20. The maximum Gasteiger partial charge on any atom is 0.214 e. The smallest absolute Gasteiger partial charge is 0.214 e. The van der Waals surface area contributed by atoms with Crippen molar-refractivity contribution in [3.05, 3.63) is 53.9 Å². The molecule has 156 valence electrons. The van der Waals surface area contributed by atoms with Crippen molar-refractivity contribution >= 4 is 33.0 Å². The molecule has 0 N–H and O–H groups in total. The van der Waals surface area contributed by atoms with Crippen LogP contribution in [0.2, 0.25) is 5.02 Å². The van der Waals surface area contributed by atoms with Gasteiger partial charge in [0.25, 0.3) is 0 Å². The number of anilines is 1. The van der Waals surface area contributed by atoms with Gasteiger partial charge in [0.05, 0.1) is 18.4 Å². The van der Waals surface area contributed by atoms with E-state index < -0.39 is 0 Å². The van der Waals surface area contributed by atoms with E-state index >= 15 is 0 Å². The highest BCUT2D eigenvalue weighted by Gasteiger charge is 2.25. The first kappa shape index (κ1) is 19.5. The molecule has 5 rings (SSSR count). The number of halogens is 1. The van der Waals surface area contributed by atoms with Gasteiger partial charge in [0.1, 0.15) is 0 Å². The lowest BCUT2D eigenvalue weighted by atomic mass is 10.0. The first-order valence-corrected chi connectivity index (χ1v) is 11.4. The van der Waals surface area contributed by atoms with Crippen LogP contribution < -0.4 is 4.90 Å². The summed E-state index contributed by atoms with van der Waals surface area (Å²) in [5.41, 5.74) is 1.97. The van der Waals surface area contributed by atoms with E-state index in [-0.39, 0.29) is 0 Å². The Labute approximate surface area is 184 Å². The first-order chi connectivity index (χ1) is 14.7. The topological polar surface area (TPSA) is 54.5 Å². The lowest BCUT2D eigenvalue weighted by Gasteiger charge is -2.36. The minimum absolute atomic E-state index is 0.512. The quantitative estimate of drug-likeness (QED) is 0.454. The van der Waals surface area contributed by atoms with Crippen LogP contribution in [-0.2, 0) is 6.54 Å². The molecule has 0 aliphatic carbocycles. The summed E-state index contributed by atoms with van der Waals surface area (Å²) in [6, 6.07) is 10.2. The molecule has 0 unspecified atom stereocenters. The van der Waals surface area contributed by atoms with E-state index in [0.29, 0.717) is 6.04 Å². The largest absolute Gasteiger partial charge is 0.347 e. The molecule has 1 aliphatic heterocycles. The molecule has 0 bridgehead atoms. The minimum Gasteiger partial charge on any atom is -0.347 e. The molecule has 1 fully saturated rings. The van der Waals surface area contributed by atoms with Gasteiger partial charge in [-0.3, -0.25) is 4.68 Å². The number of rotatable bonds is 6. The fourth-order valence-electron chi connectivity index (χ4n) is 3.95. The lowest BCUT2D eigenvalue weighted by molar-refractivity contribution is 0.201. The Kier molecular flexibility index (Phi) is 5.45. The first-order valence-electron chi connectivity index (χ1n) is 10.2. The van der Waals surface area contributed by atoms with E-state index in [2.05, 4.69) is 21.9 Å². The molecular weight excluding hydrogens is 418 g/mol. The van der Waals surface area contributed by atoms with Crippen LogP contribution >= 0.6 is 22.9 Å². The molecule has 1 saturated heterocycles. The molecule has 30 heavy (non-hydrogen) atoms. The van der Waals surface area contributed by atoms with E-state index in [1.165, 1.54) is 0 Å². The zero-order valence-corrected chi connectivity index (χ0v) is 18.4. The number of piperidine rings is 1. The number of hydrogen-bond acceptors (Lipinski definition) is 6. The van der Waals surface area contributed by atoms with Crippen LogP contribution in [0.1, 0.15) is 12.8 Å². The van der Waals surface area contributed by atoms with E-state index in [1.807, 2.05) is 58.1 Å². The highest BCUT2D eigenvalue weighted by atomic mass is 35.5. The van der Waals surface area contributed by atoms with Gasteiger partial charge in [-0.2, -0.15) is 5.10 Å². The number of likely N-dealkylation sites (tertiary alicyclic amines) is 1. The van der Waals surface area contributed by atoms with Crippen LogP contribution in [0.15, 0.2) is 48.9 Å². The molecule has 1 aliphatic rings. The summed E-state index contributed by atoms with van der Waals surface area (Å²) in [5, 5.41) is 10.8. The second-order valence-corrected chi connectivity index (χ2v) is 9.07. The van der Waals surface area contributed by atoms with Crippen molar-refractivity contribution in [1.29, 1.82) is 0 Å². The van der Waals surface area contributed by atoms with Gasteiger partial charge in [-0.25, -0.2) is 9.50 Å². The number of nitrogens with zero attached hydrogens (tertiary/aromatic N) is 7. The van der Waals surface area contributed by atoms with Gasteiger partial charge in [0.15, 0.2) is 0 Å². The van der Waals surface area contributed by atoms with Crippen molar-refractivity contribution in [3.8, 4) is 11.3 Å². The molecule has 0 atom stereocenters. The van der Waals surface area contributed by atoms with Crippen LogP contribution in [0.25, 0.3) is 16.2 Å². The maximum atomic E-state index is 5.99. The second kappa shape index (κ2) is 8.37. The van der Waals surface area contributed by atoms with Crippen molar-refractivity contribution in [2.75, 3.05) is 31.6 Å². The van der Waals surface area contributed by atoms with Crippen LogP contribution in [-0.4, -0.2) is 62.0 Å². The molecule has 7 nitrogen and oxygen atoms in total. The predicted octanol–water partition coefficient (Wildman–Crippen LogP) is 3.91. The van der Waals surface area contributed by atoms with Crippen LogP contribution in [0.3, 0.4) is 0 Å². The second-order valence-electron chi connectivity index (χ2n) is 7.70. The van der Waals surface area contributed by atoms with Crippen molar-refractivity contribution in [1.82, 2.24) is 29.3 Å². The molecule has 9 heteroatoms. The van der Waals surface area contributed by atoms with E-state index in [4.69, 9.17) is 21.7 Å². The van der Waals surface area contributed by atoms with E-state index in [1.54, 1.807) is 11.3 Å². The summed E-state index contributed by atoms with van der Waals surface area (Å²) < 4.78 is 3.89. The highest BCUT2D eigenvalue weighted by molar-refractivity contribution is 7.20. The molecule has 1 aromatic carbocycles. The molecule has 4 heterocycles. The van der Waals surface area contributed by atoms with Gasteiger partial charge in [-0.1, -0.05) is 35.1 Å². The number of imidazole rings is 1. The van der Waals surface area contributed by atoms with Gasteiger partial charge < -0.3 is 9.80 Å². The molecule has 3 aromatic heterocycles. The van der Waals surface area contributed by atoms with E-state index in [0.717, 1.165) is 65.4 Å². The van der Waals surface area contributed by atoms with Gasteiger partial charge in [-0.05, 0) is 31.0 Å². The molecule has 0 saturated carbocycles. The average Bonchev–Trinajstić information content (AvgIpc) is 3.49. The normalized spacial score (nSPS) is 15.8. The van der Waals surface area contributed by atoms with Crippen molar-refractivity contribution in [2.45, 2.75) is 25.4 Å². The fourth-order valence-corrected chi connectivity index (χ4v) is 5.00. The molecular formula is C21H24ClN7S. The standard InChI is InChI=1S/C21H24ClN7S/c1-26(18-7-11-27(12-8-18)13-14-28-10-2-9-23-28)21-25-29-15-19(24-20(29)30-21)16-3-5-17(22)6-4-16/h2-6,9-10,15,18H,7-8,11-14H2,1H3. The summed E-state index contributed by atoms with van der Waals surface area (Å²) in [4.78, 5) is 10.5. The number of benzene rings is 1. The summed E-state index contributed by atoms with van der Waals surface area (Å²) in [7, 11) is 2.16. The van der Waals surface area contributed by atoms with Crippen molar-refractivity contribution in [2.24, 2.45) is 0 Å². The molecule has 0 radical (unpaired) electrons. The Morgan fingerprint density at radius 1 is 1.17 bits per heavy atom. The monoisotopic (exact) mass is 441 g/mol. The Morgan fingerprint density at radius 3 is 2.67 bits per heavy atom. The predicted molar refractivity (Wildman–Crippen MR) is 121 cm³/mol. The molecule has 0 spiro atoms. The zero-order valence-electron chi connectivity index (χ0n) is 16.9. The van der Waals surface area contributed by atoms with Crippen molar-refractivity contribution in [3.63, 3.8) is 0 Å². The Bertz CT molecular complexity index is 1060. The molecule has 0 amide bonds. The summed E-state index contributed by atoms with van der Waals surface area (Å²) in [6.45, 7) is 4.23. The van der Waals surface area contributed by atoms with Gasteiger partial charge in [0, 0.05) is 55.7 Å². The summed E-state index contributed by atoms with van der Waals surface area (Å²) >= 11 is 7.63. The maximum absolute atomic E-state index is 5.99. The van der Waals surface area contributed by atoms with Crippen LogP contribution in [0.5, 0.6) is 0 Å². The highest BCUT2D eigenvalue weighted by Crippen LogP contribution is 2.29. The number of fused-ring (bicyclic) bond motifs is 1. The van der Waals surface area contributed by atoms with Crippen molar-refractivity contribution < 1.29 is 0 Å². The average molecular weight is 442 g/mol. The fraction of sp³-hybridized carbons (Fsp3) is 0.381. The molecule has 4 aromatic rings. The SMILES string of the molecule is CN(c1nn2cc(-c3ccc(Cl)cc3)nc2s1)C1CCN(CCn2cccn2)CC1. The van der Waals surface area contributed by atoms with Gasteiger partial charge in [-0.15, -0.1) is 5.10 Å². The van der Waals surface area contributed by atoms with Gasteiger partial charge >= 0.3 is 0 Å². The Morgan fingerprint density at radius 2 is 1.97 bits per heavy atom. The Hall–Kier alpha value is -2.42. The summed E-state index contributed by atoms with van der Waals surface area (Å²) in [6.07, 6.45) is 8.15. The van der Waals surface area contributed by atoms with Crippen LogP contribution in [0, 0.1) is 0 Å². The van der Waals surface area contributed by atoms with Crippen LogP contribution in [0.4, 0.5) is 5.13 Å². The minimum atomic E-state index is 0.512.